The maximum Gasteiger partial charge on any atom is 0.223 e. The van der Waals surface area contributed by atoms with Gasteiger partial charge in [-0.25, -0.2) is 0 Å². The van der Waals surface area contributed by atoms with Crippen LogP contribution >= 0.6 is 0 Å². The summed E-state index contributed by atoms with van der Waals surface area (Å²) in [4.78, 5) is 4.11. The fourth-order valence-electron chi connectivity index (χ4n) is 1.83. The Labute approximate surface area is 111 Å². The van der Waals surface area contributed by atoms with Gasteiger partial charge in [-0.05, 0) is 24.6 Å². The molecule has 2 aromatic rings. The Kier molecular flexibility index (Phi) is 4.01. The minimum atomic E-state index is 0.00555. The molecule has 19 heavy (non-hydrogen) atoms. The van der Waals surface area contributed by atoms with Crippen LogP contribution in [0.2, 0.25) is 0 Å². The molecule has 0 saturated carbocycles. The zero-order chi connectivity index (χ0) is 13.8. The van der Waals surface area contributed by atoms with Gasteiger partial charge in [-0.3, -0.25) is 0 Å². The Bertz CT molecular complexity index is 534. The first kappa shape index (κ1) is 13.4. The molecule has 1 atom stereocenters. The molecule has 2 rings (SSSR count). The molecular formula is C13H17N3O3. The smallest absolute Gasteiger partial charge is 0.223 e. The largest absolute Gasteiger partial charge is 0.508 e. The molecule has 0 saturated heterocycles. The molecular weight excluding hydrogens is 246 g/mol. The van der Waals surface area contributed by atoms with Crippen molar-refractivity contribution >= 4 is 0 Å². The van der Waals surface area contributed by atoms with Crippen molar-refractivity contribution in [1.82, 2.24) is 15.5 Å². The lowest BCUT2D eigenvalue weighted by Crippen LogP contribution is -2.21. The van der Waals surface area contributed by atoms with Gasteiger partial charge in [0.25, 0.3) is 0 Å². The van der Waals surface area contributed by atoms with E-state index in [9.17, 15) is 10.2 Å². The number of phenols is 2. The average molecular weight is 263 g/mol. The fourth-order valence-corrected chi connectivity index (χ4v) is 1.83. The number of hydrogen-bond acceptors (Lipinski definition) is 6. The quantitative estimate of drug-likeness (QED) is 0.760. The molecule has 102 valence electrons. The first-order valence-corrected chi connectivity index (χ1v) is 6.10. The zero-order valence-corrected chi connectivity index (χ0v) is 10.9. The van der Waals surface area contributed by atoms with Gasteiger partial charge in [0.05, 0.1) is 0 Å². The van der Waals surface area contributed by atoms with E-state index in [0.29, 0.717) is 24.7 Å². The number of aromatic hydroxyl groups is 2. The highest BCUT2D eigenvalue weighted by molar-refractivity contribution is 5.37. The van der Waals surface area contributed by atoms with E-state index in [2.05, 4.69) is 15.5 Å². The predicted octanol–water partition coefficient (Wildman–Crippen LogP) is 1.68. The first-order valence-electron chi connectivity index (χ1n) is 6.10. The second-order valence-electron chi connectivity index (χ2n) is 4.44. The molecule has 0 bridgehead atoms. The van der Waals surface area contributed by atoms with Gasteiger partial charge in [0.15, 0.2) is 5.82 Å². The number of hydrogen-bond donors (Lipinski definition) is 3. The van der Waals surface area contributed by atoms with E-state index in [0.717, 1.165) is 5.56 Å². The van der Waals surface area contributed by atoms with Crippen LogP contribution in [0.4, 0.5) is 0 Å². The van der Waals surface area contributed by atoms with E-state index in [1.165, 1.54) is 6.07 Å². The van der Waals surface area contributed by atoms with Gasteiger partial charge in [-0.2, -0.15) is 4.98 Å². The summed E-state index contributed by atoms with van der Waals surface area (Å²) >= 11 is 0. The van der Waals surface area contributed by atoms with Crippen LogP contribution in [0.15, 0.2) is 22.7 Å². The third kappa shape index (κ3) is 3.69. The molecule has 0 amide bonds. The van der Waals surface area contributed by atoms with Crippen LogP contribution in [0.5, 0.6) is 11.5 Å². The number of aromatic nitrogens is 2. The van der Waals surface area contributed by atoms with Gasteiger partial charge in [0.1, 0.15) is 11.5 Å². The van der Waals surface area contributed by atoms with E-state index in [-0.39, 0.29) is 17.5 Å². The lowest BCUT2D eigenvalue weighted by molar-refractivity contribution is 0.386. The minimum absolute atomic E-state index is 0.00555. The van der Waals surface area contributed by atoms with Crippen molar-refractivity contribution in [3.05, 3.63) is 35.5 Å². The van der Waals surface area contributed by atoms with Crippen molar-refractivity contribution in [2.75, 3.05) is 6.54 Å². The second kappa shape index (κ2) is 5.71. The van der Waals surface area contributed by atoms with Crippen molar-refractivity contribution in [1.29, 1.82) is 0 Å². The molecule has 3 N–H and O–H groups in total. The highest BCUT2D eigenvalue weighted by Gasteiger charge is 2.08. The standard InChI is InChI=1S/C13H17N3O3/c1-8(10-5-11(17)7-12(18)6-10)14-4-3-13-15-9(2)19-16-13/h5-8,14,17-18H,3-4H2,1-2H3. The van der Waals surface area contributed by atoms with E-state index < -0.39 is 0 Å². The number of benzene rings is 1. The molecule has 0 aliphatic rings. The van der Waals surface area contributed by atoms with Gasteiger partial charge in [-0.1, -0.05) is 5.16 Å². The van der Waals surface area contributed by atoms with Crippen molar-refractivity contribution in [2.24, 2.45) is 0 Å². The van der Waals surface area contributed by atoms with Crippen molar-refractivity contribution in [2.45, 2.75) is 26.3 Å². The Balaban J connectivity index is 1.88. The molecule has 0 aliphatic heterocycles. The van der Waals surface area contributed by atoms with Crippen LogP contribution in [-0.4, -0.2) is 26.9 Å². The number of nitrogens with zero attached hydrogens (tertiary/aromatic N) is 2. The molecule has 1 aromatic heterocycles. The monoisotopic (exact) mass is 263 g/mol. The molecule has 0 spiro atoms. The van der Waals surface area contributed by atoms with E-state index in [4.69, 9.17) is 4.52 Å². The van der Waals surface area contributed by atoms with Crippen LogP contribution in [-0.2, 0) is 6.42 Å². The van der Waals surface area contributed by atoms with E-state index >= 15 is 0 Å². The molecule has 0 radical (unpaired) electrons. The molecule has 6 nitrogen and oxygen atoms in total. The third-order valence-electron chi connectivity index (χ3n) is 2.79. The average Bonchev–Trinajstić information content (AvgIpc) is 2.73. The Morgan fingerprint density at radius 3 is 2.53 bits per heavy atom. The Morgan fingerprint density at radius 2 is 1.95 bits per heavy atom. The molecule has 0 fully saturated rings. The Hall–Kier alpha value is -2.08. The van der Waals surface area contributed by atoms with Gasteiger partial charge in [0, 0.05) is 32.0 Å². The summed E-state index contributed by atoms with van der Waals surface area (Å²) < 4.78 is 4.88. The predicted molar refractivity (Wildman–Crippen MR) is 68.9 cm³/mol. The van der Waals surface area contributed by atoms with Crippen LogP contribution in [0, 0.1) is 6.92 Å². The molecule has 1 heterocycles. The zero-order valence-electron chi connectivity index (χ0n) is 10.9. The summed E-state index contributed by atoms with van der Waals surface area (Å²) in [6.45, 7) is 4.38. The summed E-state index contributed by atoms with van der Waals surface area (Å²) in [6.07, 6.45) is 0.659. The van der Waals surface area contributed by atoms with Crippen LogP contribution < -0.4 is 5.32 Å². The van der Waals surface area contributed by atoms with Gasteiger partial charge in [-0.15, -0.1) is 0 Å². The van der Waals surface area contributed by atoms with Gasteiger partial charge >= 0.3 is 0 Å². The first-order chi connectivity index (χ1) is 9.04. The summed E-state index contributed by atoms with van der Waals surface area (Å²) in [7, 11) is 0. The SMILES string of the molecule is Cc1nc(CCNC(C)c2cc(O)cc(O)c2)no1. The summed E-state index contributed by atoms with van der Waals surface area (Å²) in [5, 5.41) is 25.9. The van der Waals surface area contributed by atoms with Crippen LogP contribution in [0.1, 0.15) is 30.2 Å². The highest BCUT2D eigenvalue weighted by atomic mass is 16.5. The number of rotatable bonds is 5. The van der Waals surface area contributed by atoms with Crippen molar-refractivity contribution in [3.8, 4) is 11.5 Å². The van der Waals surface area contributed by atoms with E-state index in [1.807, 2.05) is 6.92 Å². The van der Waals surface area contributed by atoms with Crippen molar-refractivity contribution < 1.29 is 14.7 Å². The molecule has 1 unspecified atom stereocenters. The van der Waals surface area contributed by atoms with Gasteiger partial charge < -0.3 is 20.1 Å². The summed E-state index contributed by atoms with van der Waals surface area (Å²) in [5.41, 5.74) is 0.821. The van der Waals surface area contributed by atoms with Crippen molar-refractivity contribution in [3.63, 3.8) is 0 Å². The maximum atomic E-state index is 9.43. The number of aryl methyl sites for hydroxylation is 1. The normalized spacial score (nSPS) is 12.5. The lowest BCUT2D eigenvalue weighted by Gasteiger charge is -2.14. The van der Waals surface area contributed by atoms with Gasteiger partial charge in [0.2, 0.25) is 5.89 Å². The number of nitrogens with one attached hydrogen (secondary N) is 1. The third-order valence-corrected chi connectivity index (χ3v) is 2.79. The maximum absolute atomic E-state index is 9.43. The second-order valence-corrected chi connectivity index (χ2v) is 4.44. The topological polar surface area (TPSA) is 91.4 Å². The molecule has 6 heteroatoms. The summed E-state index contributed by atoms with van der Waals surface area (Å²) in [6, 6.07) is 4.55. The molecule has 0 aliphatic carbocycles. The van der Waals surface area contributed by atoms with Crippen LogP contribution in [0.3, 0.4) is 0 Å². The lowest BCUT2D eigenvalue weighted by atomic mass is 10.1. The minimum Gasteiger partial charge on any atom is -0.508 e. The fraction of sp³-hybridized carbons (Fsp3) is 0.385. The molecule has 1 aromatic carbocycles. The highest BCUT2D eigenvalue weighted by Crippen LogP contribution is 2.24. The van der Waals surface area contributed by atoms with E-state index in [1.54, 1.807) is 19.1 Å². The summed E-state index contributed by atoms with van der Waals surface area (Å²) in [5.74, 6) is 1.33. The Morgan fingerprint density at radius 1 is 1.26 bits per heavy atom. The van der Waals surface area contributed by atoms with Crippen LogP contribution in [0.25, 0.3) is 0 Å². The number of phenolic OH excluding ortho intramolecular Hbond substituents is 2.